The first-order chi connectivity index (χ1) is 11.5. The quantitative estimate of drug-likeness (QED) is 0.604. The molecule has 0 aliphatic heterocycles. The average Bonchev–Trinajstić information content (AvgIpc) is 2.58. The van der Waals surface area contributed by atoms with Crippen molar-refractivity contribution in [3.05, 3.63) is 59.2 Å². The van der Waals surface area contributed by atoms with E-state index >= 15 is 0 Å². The van der Waals surface area contributed by atoms with Gasteiger partial charge in [-0.25, -0.2) is 4.79 Å². The zero-order valence-electron chi connectivity index (χ0n) is 14.2. The molecular weight excluding hydrogens is 304 g/mol. The van der Waals surface area contributed by atoms with E-state index in [4.69, 9.17) is 9.47 Å². The molecule has 0 aliphatic rings. The lowest BCUT2D eigenvalue weighted by atomic mass is 10.0. The topological polar surface area (TPSA) is 55.8 Å². The second kappa shape index (κ2) is 8.20. The van der Waals surface area contributed by atoms with E-state index in [-0.39, 0.29) is 5.57 Å². The van der Waals surface area contributed by atoms with Gasteiger partial charge in [-0.2, -0.15) is 0 Å². The number of rotatable bonds is 7. The third-order valence-corrected chi connectivity index (χ3v) is 3.58. The summed E-state index contributed by atoms with van der Waals surface area (Å²) in [6, 6.07) is 12.7. The van der Waals surface area contributed by atoms with Gasteiger partial charge in [0.1, 0.15) is 11.5 Å². The molecular formula is C20H22O4. The van der Waals surface area contributed by atoms with Gasteiger partial charge in [0.05, 0.1) is 19.3 Å². The third-order valence-electron chi connectivity index (χ3n) is 3.58. The van der Waals surface area contributed by atoms with Gasteiger partial charge in [0.25, 0.3) is 0 Å². The molecule has 4 nitrogen and oxygen atoms in total. The molecule has 0 bridgehead atoms. The number of hydrogen-bond donors (Lipinski definition) is 1. The molecule has 2 rings (SSSR count). The van der Waals surface area contributed by atoms with Crippen molar-refractivity contribution in [2.75, 3.05) is 13.7 Å². The van der Waals surface area contributed by atoms with Gasteiger partial charge in [0.2, 0.25) is 0 Å². The maximum absolute atomic E-state index is 11.7. The Morgan fingerprint density at radius 3 is 2.62 bits per heavy atom. The Bertz CT molecular complexity index is 747. The van der Waals surface area contributed by atoms with Crippen molar-refractivity contribution in [3.63, 3.8) is 0 Å². The maximum atomic E-state index is 11.7. The molecule has 0 aliphatic carbocycles. The first-order valence-corrected chi connectivity index (χ1v) is 7.88. The average molecular weight is 326 g/mol. The van der Waals surface area contributed by atoms with E-state index < -0.39 is 5.97 Å². The number of ether oxygens (including phenoxy) is 2. The van der Waals surface area contributed by atoms with Gasteiger partial charge < -0.3 is 14.6 Å². The lowest BCUT2D eigenvalue weighted by molar-refractivity contribution is -0.130. The Kier molecular flexibility index (Phi) is 6.01. The van der Waals surface area contributed by atoms with E-state index in [1.165, 1.54) is 0 Å². The molecule has 4 heteroatoms. The van der Waals surface area contributed by atoms with Crippen LogP contribution in [-0.4, -0.2) is 24.8 Å². The molecule has 2 aromatic rings. The van der Waals surface area contributed by atoms with Crippen LogP contribution in [0, 0.1) is 6.92 Å². The molecule has 24 heavy (non-hydrogen) atoms. The van der Waals surface area contributed by atoms with E-state index in [0.29, 0.717) is 17.9 Å². The monoisotopic (exact) mass is 326 g/mol. The summed E-state index contributed by atoms with van der Waals surface area (Å²) in [6.07, 6.45) is 2.57. The number of benzene rings is 2. The van der Waals surface area contributed by atoms with E-state index in [0.717, 1.165) is 23.3 Å². The molecule has 0 radical (unpaired) electrons. The summed E-state index contributed by atoms with van der Waals surface area (Å²) in [6.45, 7) is 4.61. The summed E-state index contributed by atoms with van der Waals surface area (Å²) >= 11 is 0. The van der Waals surface area contributed by atoms with Crippen molar-refractivity contribution >= 4 is 17.6 Å². The number of carboxylic acid groups (broad SMARTS) is 1. The standard InChI is InChI=1S/C20H22O4/c1-4-10-24-19-9-8-16(11-14(19)2)18(20(21)22)13-15-6-5-7-17(12-15)23-3/h5-9,11-13H,4,10H2,1-3H3,(H,21,22)/b18-13-. The van der Waals surface area contributed by atoms with Crippen LogP contribution >= 0.6 is 0 Å². The molecule has 1 N–H and O–H groups in total. The van der Waals surface area contributed by atoms with Crippen LogP contribution in [0.25, 0.3) is 11.6 Å². The molecule has 0 fully saturated rings. The normalized spacial score (nSPS) is 11.2. The van der Waals surface area contributed by atoms with Crippen molar-refractivity contribution in [2.45, 2.75) is 20.3 Å². The second-order valence-corrected chi connectivity index (χ2v) is 5.47. The predicted octanol–water partition coefficient (Wildman–Crippen LogP) is 4.42. The van der Waals surface area contributed by atoms with E-state index in [1.54, 1.807) is 25.3 Å². The van der Waals surface area contributed by atoms with Crippen LogP contribution in [-0.2, 0) is 4.79 Å². The highest BCUT2D eigenvalue weighted by atomic mass is 16.5. The van der Waals surface area contributed by atoms with Gasteiger partial charge in [-0.05, 0) is 60.4 Å². The first-order valence-electron chi connectivity index (χ1n) is 7.88. The number of carbonyl (C=O) groups is 1. The summed E-state index contributed by atoms with van der Waals surface area (Å²) in [4.78, 5) is 11.7. The molecule has 0 amide bonds. The van der Waals surface area contributed by atoms with Crippen LogP contribution in [0.4, 0.5) is 0 Å². The number of hydrogen-bond acceptors (Lipinski definition) is 3. The van der Waals surface area contributed by atoms with Crippen LogP contribution in [0.3, 0.4) is 0 Å². The number of carboxylic acids is 1. The molecule has 0 saturated carbocycles. The Morgan fingerprint density at radius 1 is 1.21 bits per heavy atom. The molecule has 2 aromatic carbocycles. The summed E-state index contributed by atoms with van der Waals surface area (Å²) < 4.78 is 10.8. The minimum absolute atomic E-state index is 0.230. The highest BCUT2D eigenvalue weighted by molar-refractivity contribution is 6.20. The van der Waals surface area contributed by atoms with Crippen molar-refractivity contribution in [3.8, 4) is 11.5 Å². The molecule has 0 aromatic heterocycles. The van der Waals surface area contributed by atoms with Gasteiger partial charge in [0, 0.05) is 0 Å². The minimum Gasteiger partial charge on any atom is -0.497 e. The second-order valence-electron chi connectivity index (χ2n) is 5.47. The lowest BCUT2D eigenvalue weighted by Crippen LogP contribution is -2.02. The number of aliphatic carboxylic acids is 1. The summed E-state index contributed by atoms with van der Waals surface area (Å²) in [5, 5.41) is 9.59. The predicted molar refractivity (Wildman–Crippen MR) is 95.5 cm³/mol. The fraction of sp³-hybridized carbons (Fsp3) is 0.250. The Labute approximate surface area is 142 Å². The highest BCUT2D eigenvalue weighted by Crippen LogP contribution is 2.26. The van der Waals surface area contributed by atoms with Crippen LogP contribution < -0.4 is 9.47 Å². The SMILES string of the molecule is CCCOc1ccc(/C(=C/c2cccc(OC)c2)C(=O)O)cc1C. The van der Waals surface area contributed by atoms with Gasteiger partial charge in [-0.15, -0.1) is 0 Å². The minimum atomic E-state index is -0.973. The van der Waals surface area contributed by atoms with E-state index in [1.807, 2.05) is 44.2 Å². The summed E-state index contributed by atoms with van der Waals surface area (Å²) in [5.41, 5.74) is 2.56. The van der Waals surface area contributed by atoms with E-state index in [9.17, 15) is 9.90 Å². The molecule has 0 unspecified atom stereocenters. The van der Waals surface area contributed by atoms with Crippen molar-refractivity contribution in [1.82, 2.24) is 0 Å². The van der Waals surface area contributed by atoms with Gasteiger partial charge in [-0.3, -0.25) is 0 Å². The number of aryl methyl sites for hydroxylation is 1. The zero-order valence-corrected chi connectivity index (χ0v) is 14.2. The van der Waals surface area contributed by atoms with Crippen LogP contribution in [0.5, 0.6) is 11.5 Å². The third kappa shape index (κ3) is 4.38. The molecule has 0 atom stereocenters. The van der Waals surface area contributed by atoms with Gasteiger partial charge in [0.15, 0.2) is 0 Å². The van der Waals surface area contributed by atoms with E-state index in [2.05, 4.69) is 0 Å². The molecule has 0 spiro atoms. The van der Waals surface area contributed by atoms with Gasteiger partial charge in [-0.1, -0.05) is 25.1 Å². The largest absolute Gasteiger partial charge is 0.497 e. The smallest absolute Gasteiger partial charge is 0.336 e. The van der Waals surface area contributed by atoms with Crippen LogP contribution in [0.15, 0.2) is 42.5 Å². The first kappa shape index (κ1) is 17.6. The van der Waals surface area contributed by atoms with Crippen molar-refractivity contribution in [2.24, 2.45) is 0 Å². The number of methoxy groups -OCH3 is 1. The maximum Gasteiger partial charge on any atom is 0.336 e. The Balaban J connectivity index is 2.38. The Morgan fingerprint density at radius 2 is 2.00 bits per heavy atom. The Hall–Kier alpha value is -2.75. The lowest BCUT2D eigenvalue weighted by Gasteiger charge is -2.11. The van der Waals surface area contributed by atoms with Crippen molar-refractivity contribution in [1.29, 1.82) is 0 Å². The molecule has 0 heterocycles. The van der Waals surface area contributed by atoms with Gasteiger partial charge >= 0.3 is 5.97 Å². The van der Waals surface area contributed by atoms with Crippen LogP contribution in [0.2, 0.25) is 0 Å². The zero-order chi connectivity index (χ0) is 17.5. The fourth-order valence-electron chi connectivity index (χ4n) is 2.36. The van der Waals surface area contributed by atoms with Crippen LogP contribution in [0.1, 0.15) is 30.0 Å². The highest BCUT2D eigenvalue weighted by Gasteiger charge is 2.12. The summed E-state index contributed by atoms with van der Waals surface area (Å²) in [5.74, 6) is 0.499. The molecule has 0 saturated heterocycles. The fourth-order valence-corrected chi connectivity index (χ4v) is 2.36. The van der Waals surface area contributed by atoms with Crippen molar-refractivity contribution < 1.29 is 19.4 Å². The summed E-state index contributed by atoms with van der Waals surface area (Å²) in [7, 11) is 1.58. The molecule has 126 valence electrons.